The van der Waals surface area contributed by atoms with Gasteiger partial charge in [0, 0.05) is 18.7 Å². The molecule has 0 spiro atoms. The van der Waals surface area contributed by atoms with Gasteiger partial charge in [-0.25, -0.2) is 4.79 Å². The Morgan fingerprint density at radius 2 is 1.59 bits per heavy atom. The molecule has 1 rings (SSSR count). The smallest absolute Gasteiger partial charge is 0.408 e. The molecule has 2 unspecified atom stereocenters. The van der Waals surface area contributed by atoms with Crippen molar-refractivity contribution in [3.63, 3.8) is 0 Å². The molecule has 0 fully saturated rings. The average molecular weight is 548 g/mol. The molecule has 0 saturated heterocycles. The second-order valence-electron chi connectivity index (χ2n) is 11.7. The van der Waals surface area contributed by atoms with Gasteiger partial charge in [0.05, 0.1) is 0 Å². The number of para-hydroxylation sites is 1. The number of hydrogen-bond acceptors (Lipinski definition) is 5. The number of unbranched alkanes of at least 4 members (excludes halogenated alkanes) is 6. The van der Waals surface area contributed by atoms with Crippen LogP contribution in [0.1, 0.15) is 117 Å². The zero-order valence-electron chi connectivity index (χ0n) is 25.6. The molecule has 39 heavy (non-hydrogen) atoms. The minimum Gasteiger partial charge on any atom is -0.507 e. The number of aromatic hydroxyl groups is 1. The van der Waals surface area contributed by atoms with Crippen molar-refractivity contribution in [2.45, 2.75) is 124 Å². The summed E-state index contributed by atoms with van der Waals surface area (Å²) in [6.07, 6.45) is 7.13. The number of phenols is 1. The number of phenolic OH excluding ortho intramolecular Hbond substituents is 1. The summed E-state index contributed by atoms with van der Waals surface area (Å²) >= 11 is 0. The molecule has 0 aliphatic rings. The molecule has 0 bridgehead atoms. The fourth-order valence-corrected chi connectivity index (χ4v) is 4.39. The van der Waals surface area contributed by atoms with Gasteiger partial charge in [-0.15, -0.1) is 0 Å². The Morgan fingerprint density at radius 3 is 2.18 bits per heavy atom. The first-order valence-electron chi connectivity index (χ1n) is 14.7. The van der Waals surface area contributed by atoms with Crippen molar-refractivity contribution in [3.05, 3.63) is 29.3 Å². The number of nitrogens with one attached hydrogen (secondary N) is 2. The molecule has 222 valence electrons. The Hall–Kier alpha value is -2.77. The van der Waals surface area contributed by atoms with Crippen LogP contribution in [-0.2, 0) is 14.3 Å². The summed E-state index contributed by atoms with van der Waals surface area (Å²) in [4.78, 5) is 42.1. The Bertz CT molecular complexity index is 910. The van der Waals surface area contributed by atoms with Crippen molar-refractivity contribution in [1.29, 1.82) is 0 Å². The Morgan fingerprint density at radius 1 is 0.974 bits per heavy atom. The van der Waals surface area contributed by atoms with E-state index in [1.807, 2.05) is 20.8 Å². The van der Waals surface area contributed by atoms with E-state index < -0.39 is 23.8 Å². The van der Waals surface area contributed by atoms with Crippen molar-refractivity contribution in [2.24, 2.45) is 5.92 Å². The van der Waals surface area contributed by atoms with Crippen molar-refractivity contribution >= 4 is 17.9 Å². The molecule has 8 heteroatoms. The van der Waals surface area contributed by atoms with Gasteiger partial charge in [-0.2, -0.15) is 0 Å². The highest BCUT2D eigenvalue weighted by Crippen LogP contribution is 2.33. The number of carbonyl (C=O) groups excluding carboxylic acids is 3. The maximum Gasteiger partial charge on any atom is 0.408 e. The number of alkyl carbamates (subject to hydrolysis) is 1. The van der Waals surface area contributed by atoms with Crippen LogP contribution < -0.4 is 10.6 Å². The molecule has 1 aromatic rings. The molecule has 0 aliphatic carbocycles. The lowest BCUT2D eigenvalue weighted by Gasteiger charge is -2.36. The van der Waals surface area contributed by atoms with Crippen LogP contribution >= 0.6 is 0 Å². The number of aryl methyl sites for hydroxylation is 1. The van der Waals surface area contributed by atoms with E-state index in [2.05, 4.69) is 17.6 Å². The standard InChI is InChI=1S/C31H53N3O5/c1-9-11-13-14-15-16-21-34(29(37)25(22(3)4)33-30(38)39-31(6,7)8)26(28(36)32-20-12-10-2)24-19-17-18-23(5)27(24)35/h17-19,22,25-26,35H,9-16,20-21H2,1-8H3,(H,32,36)(H,33,38). The fraction of sp³-hybridized carbons (Fsp3) is 0.710. The summed E-state index contributed by atoms with van der Waals surface area (Å²) in [5, 5.41) is 16.7. The Balaban J connectivity index is 3.46. The average Bonchev–Trinajstić information content (AvgIpc) is 2.84. The number of benzene rings is 1. The van der Waals surface area contributed by atoms with Crippen LogP contribution in [0.25, 0.3) is 0 Å². The summed E-state index contributed by atoms with van der Waals surface area (Å²) in [5.41, 5.74) is 0.281. The molecule has 3 amide bonds. The van der Waals surface area contributed by atoms with Crippen LogP contribution in [0, 0.1) is 12.8 Å². The number of nitrogens with zero attached hydrogens (tertiary/aromatic N) is 1. The molecular weight excluding hydrogens is 494 g/mol. The maximum atomic E-state index is 14.2. The number of carbonyl (C=O) groups is 3. The molecule has 0 radical (unpaired) electrons. The second-order valence-corrected chi connectivity index (χ2v) is 11.7. The summed E-state index contributed by atoms with van der Waals surface area (Å²) in [5.74, 6) is -0.980. The van der Waals surface area contributed by atoms with Crippen molar-refractivity contribution in [2.75, 3.05) is 13.1 Å². The highest BCUT2D eigenvalue weighted by Gasteiger charge is 2.38. The monoisotopic (exact) mass is 547 g/mol. The van der Waals surface area contributed by atoms with Crippen molar-refractivity contribution in [1.82, 2.24) is 15.5 Å². The molecule has 0 aromatic heterocycles. The molecule has 8 nitrogen and oxygen atoms in total. The third-order valence-corrected chi connectivity index (χ3v) is 6.59. The van der Waals surface area contributed by atoms with Gasteiger partial charge in [0.2, 0.25) is 11.8 Å². The van der Waals surface area contributed by atoms with E-state index >= 15 is 0 Å². The van der Waals surface area contributed by atoms with Crippen LogP contribution in [0.2, 0.25) is 0 Å². The first-order valence-corrected chi connectivity index (χ1v) is 14.7. The Kier molecular flexibility index (Phi) is 15.0. The van der Waals surface area contributed by atoms with Crippen LogP contribution in [0.3, 0.4) is 0 Å². The van der Waals surface area contributed by atoms with E-state index in [9.17, 15) is 19.5 Å². The van der Waals surface area contributed by atoms with E-state index in [0.717, 1.165) is 44.9 Å². The van der Waals surface area contributed by atoms with Gasteiger partial charge < -0.3 is 25.4 Å². The van der Waals surface area contributed by atoms with E-state index in [1.165, 1.54) is 4.90 Å². The molecule has 1 aromatic carbocycles. The van der Waals surface area contributed by atoms with Crippen LogP contribution in [0.15, 0.2) is 18.2 Å². The van der Waals surface area contributed by atoms with Gasteiger partial charge in [0.25, 0.3) is 0 Å². The molecule has 3 N–H and O–H groups in total. The lowest BCUT2D eigenvalue weighted by Crippen LogP contribution is -2.55. The highest BCUT2D eigenvalue weighted by atomic mass is 16.6. The molecule has 0 heterocycles. The van der Waals surface area contributed by atoms with E-state index in [1.54, 1.807) is 45.9 Å². The quantitative estimate of drug-likeness (QED) is 0.208. The number of ether oxygens (including phenoxy) is 1. The van der Waals surface area contributed by atoms with Gasteiger partial charge >= 0.3 is 6.09 Å². The highest BCUT2D eigenvalue weighted by molar-refractivity contribution is 5.92. The van der Waals surface area contributed by atoms with Gasteiger partial charge in [0.1, 0.15) is 23.4 Å². The lowest BCUT2D eigenvalue weighted by molar-refractivity contribution is -0.143. The van der Waals surface area contributed by atoms with E-state index in [-0.39, 0.29) is 23.5 Å². The van der Waals surface area contributed by atoms with Crippen LogP contribution in [-0.4, -0.2) is 52.6 Å². The van der Waals surface area contributed by atoms with E-state index in [0.29, 0.717) is 30.6 Å². The molecule has 0 aliphatic heterocycles. The minimum absolute atomic E-state index is 0.00455. The number of hydrogen-bond donors (Lipinski definition) is 3. The number of amides is 3. The summed E-state index contributed by atoms with van der Waals surface area (Å²) < 4.78 is 5.44. The normalized spacial score (nSPS) is 13.1. The topological polar surface area (TPSA) is 108 Å². The van der Waals surface area contributed by atoms with Gasteiger partial charge in [0.15, 0.2) is 0 Å². The second kappa shape index (κ2) is 17.0. The van der Waals surface area contributed by atoms with Crippen LogP contribution in [0.5, 0.6) is 5.75 Å². The molecular formula is C31H53N3O5. The summed E-state index contributed by atoms with van der Waals surface area (Å²) in [7, 11) is 0. The summed E-state index contributed by atoms with van der Waals surface area (Å²) in [6.45, 7) is 15.8. The fourth-order valence-electron chi connectivity index (χ4n) is 4.39. The molecule has 2 atom stereocenters. The van der Waals surface area contributed by atoms with Crippen molar-refractivity contribution < 1.29 is 24.2 Å². The van der Waals surface area contributed by atoms with E-state index in [4.69, 9.17) is 4.74 Å². The van der Waals surface area contributed by atoms with Gasteiger partial charge in [-0.05, 0) is 52.0 Å². The Labute approximate surface area is 236 Å². The SMILES string of the molecule is CCCCCCCCN(C(=O)C(NC(=O)OC(C)(C)C)C(C)C)C(C(=O)NCCCC)c1cccc(C)c1O. The third-order valence-electron chi connectivity index (χ3n) is 6.59. The molecule has 0 saturated carbocycles. The lowest BCUT2D eigenvalue weighted by atomic mass is 9.96. The van der Waals surface area contributed by atoms with Gasteiger partial charge in [-0.3, -0.25) is 9.59 Å². The maximum absolute atomic E-state index is 14.2. The third kappa shape index (κ3) is 11.9. The number of rotatable bonds is 16. The predicted molar refractivity (Wildman–Crippen MR) is 157 cm³/mol. The summed E-state index contributed by atoms with van der Waals surface area (Å²) in [6, 6.07) is 3.30. The van der Waals surface area contributed by atoms with Crippen LogP contribution in [0.4, 0.5) is 4.79 Å². The largest absolute Gasteiger partial charge is 0.507 e. The zero-order valence-corrected chi connectivity index (χ0v) is 25.6. The van der Waals surface area contributed by atoms with Crippen molar-refractivity contribution in [3.8, 4) is 5.75 Å². The van der Waals surface area contributed by atoms with Gasteiger partial charge in [-0.1, -0.05) is 84.4 Å². The predicted octanol–water partition coefficient (Wildman–Crippen LogP) is 6.40. The first kappa shape index (κ1) is 34.3. The first-order chi connectivity index (χ1) is 18.3. The minimum atomic E-state index is -1.04. The zero-order chi connectivity index (χ0) is 29.6.